The van der Waals surface area contributed by atoms with Crippen LogP contribution in [-0.4, -0.2) is 13.0 Å². The van der Waals surface area contributed by atoms with Gasteiger partial charge in [0, 0.05) is 22.8 Å². The first-order valence-electron chi connectivity index (χ1n) is 6.18. The van der Waals surface area contributed by atoms with Crippen LogP contribution in [0.25, 0.3) is 10.1 Å². The number of benzene rings is 2. The Balaban J connectivity index is 2.03. The Morgan fingerprint density at radius 3 is 2.40 bits per heavy atom. The minimum atomic E-state index is -0.0811. The predicted octanol–water partition coefficient (Wildman–Crippen LogP) is 4.83. The summed E-state index contributed by atoms with van der Waals surface area (Å²) in [6.45, 7) is 0. The molecule has 20 heavy (non-hydrogen) atoms. The quantitative estimate of drug-likeness (QED) is 0.664. The van der Waals surface area contributed by atoms with Crippen LogP contribution in [0.1, 0.15) is 9.67 Å². The average molecular weight is 302 g/mol. The molecule has 0 aliphatic carbocycles. The molecule has 1 aromatic heterocycles. The smallest absolute Gasteiger partial charge is 0.269 e. The molecule has 0 aliphatic rings. The van der Waals surface area contributed by atoms with Gasteiger partial charge in [0.2, 0.25) is 0 Å². The fourth-order valence-electron chi connectivity index (χ4n) is 2.07. The Labute approximate surface area is 126 Å². The number of amides is 1. The van der Waals surface area contributed by atoms with Gasteiger partial charge in [0.15, 0.2) is 0 Å². The molecule has 1 amide bonds. The summed E-state index contributed by atoms with van der Waals surface area (Å²) in [4.78, 5) is 14.8. The van der Waals surface area contributed by atoms with E-state index in [9.17, 15) is 4.79 Å². The summed E-state index contributed by atoms with van der Waals surface area (Å²) in [6.07, 6.45) is 0. The van der Waals surface area contributed by atoms with Gasteiger partial charge >= 0.3 is 0 Å². The van der Waals surface area contributed by atoms with Crippen LogP contribution >= 0.6 is 22.9 Å². The van der Waals surface area contributed by atoms with E-state index >= 15 is 0 Å². The van der Waals surface area contributed by atoms with Crippen molar-refractivity contribution in [1.82, 2.24) is 0 Å². The number of para-hydroxylation sites is 1. The molecule has 1 heterocycles. The number of rotatable bonds is 2. The summed E-state index contributed by atoms with van der Waals surface area (Å²) in [5.41, 5.74) is 0.853. The van der Waals surface area contributed by atoms with Crippen LogP contribution in [0.15, 0.2) is 54.6 Å². The molecule has 100 valence electrons. The number of carbonyl (C=O) groups is 1. The van der Waals surface area contributed by atoms with Crippen molar-refractivity contribution in [2.24, 2.45) is 0 Å². The highest BCUT2D eigenvalue weighted by molar-refractivity contribution is 7.21. The van der Waals surface area contributed by atoms with Crippen LogP contribution in [0.3, 0.4) is 0 Å². The van der Waals surface area contributed by atoms with Crippen molar-refractivity contribution in [2.75, 3.05) is 11.9 Å². The first-order valence-corrected chi connectivity index (χ1v) is 7.38. The Morgan fingerprint density at radius 1 is 1.05 bits per heavy atom. The maximum atomic E-state index is 12.6. The lowest BCUT2D eigenvalue weighted by Crippen LogP contribution is -2.25. The molecule has 0 radical (unpaired) electrons. The van der Waals surface area contributed by atoms with Crippen molar-refractivity contribution in [2.45, 2.75) is 0 Å². The van der Waals surface area contributed by atoms with Crippen LogP contribution in [0.5, 0.6) is 0 Å². The van der Waals surface area contributed by atoms with Gasteiger partial charge in [-0.05, 0) is 18.2 Å². The van der Waals surface area contributed by atoms with E-state index in [2.05, 4.69) is 0 Å². The predicted molar refractivity (Wildman–Crippen MR) is 86.0 cm³/mol. The SMILES string of the molecule is CN(C(=O)c1sc2ccccc2c1Cl)c1ccccc1. The molecule has 0 bridgehead atoms. The number of carbonyl (C=O) groups excluding carboxylic acids is 1. The monoisotopic (exact) mass is 301 g/mol. The number of halogens is 1. The van der Waals surface area contributed by atoms with E-state index < -0.39 is 0 Å². The van der Waals surface area contributed by atoms with E-state index in [1.807, 2.05) is 54.6 Å². The van der Waals surface area contributed by atoms with Gasteiger partial charge in [0.1, 0.15) is 4.88 Å². The van der Waals surface area contributed by atoms with Crippen molar-refractivity contribution >= 4 is 44.6 Å². The maximum absolute atomic E-state index is 12.6. The lowest BCUT2D eigenvalue weighted by atomic mass is 10.2. The molecule has 0 N–H and O–H groups in total. The van der Waals surface area contributed by atoms with Gasteiger partial charge in [-0.2, -0.15) is 0 Å². The first-order chi connectivity index (χ1) is 9.68. The Morgan fingerprint density at radius 2 is 1.70 bits per heavy atom. The van der Waals surface area contributed by atoms with E-state index in [0.29, 0.717) is 9.90 Å². The Hall–Kier alpha value is -1.84. The lowest BCUT2D eigenvalue weighted by molar-refractivity contribution is 0.0997. The summed E-state index contributed by atoms with van der Waals surface area (Å²) < 4.78 is 1.03. The standard InChI is InChI=1S/C16H12ClNOS/c1-18(11-7-3-2-4-8-11)16(19)15-14(17)12-9-5-6-10-13(12)20-15/h2-10H,1H3. The fraction of sp³-hybridized carbons (Fsp3) is 0.0625. The zero-order chi connectivity index (χ0) is 14.1. The van der Waals surface area contributed by atoms with Crippen LogP contribution in [0, 0.1) is 0 Å². The summed E-state index contributed by atoms with van der Waals surface area (Å²) in [6, 6.07) is 17.3. The number of hydrogen-bond donors (Lipinski definition) is 0. The molecule has 0 saturated heterocycles. The zero-order valence-corrected chi connectivity index (χ0v) is 12.4. The zero-order valence-electron chi connectivity index (χ0n) is 10.8. The molecule has 0 saturated carbocycles. The summed E-state index contributed by atoms with van der Waals surface area (Å²) in [5.74, 6) is -0.0811. The molecule has 2 aromatic carbocycles. The first kappa shape index (κ1) is 13.2. The maximum Gasteiger partial charge on any atom is 0.269 e. The molecule has 3 rings (SSSR count). The molecule has 2 nitrogen and oxygen atoms in total. The van der Waals surface area contributed by atoms with Crippen molar-refractivity contribution < 1.29 is 4.79 Å². The highest BCUT2D eigenvalue weighted by atomic mass is 35.5. The number of thiophene rings is 1. The van der Waals surface area contributed by atoms with Gasteiger partial charge in [-0.25, -0.2) is 0 Å². The topological polar surface area (TPSA) is 20.3 Å². The van der Waals surface area contributed by atoms with Crippen molar-refractivity contribution in [3.63, 3.8) is 0 Å². The molecule has 0 aliphatic heterocycles. The normalized spacial score (nSPS) is 10.7. The number of fused-ring (bicyclic) bond motifs is 1. The van der Waals surface area contributed by atoms with Crippen molar-refractivity contribution in [3.05, 3.63) is 64.5 Å². The summed E-state index contributed by atoms with van der Waals surface area (Å²) in [5, 5.41) is 1.47. The van der Waals surface area contributed by atoms with Crippen LogP contribution < -0.4 is 4.90 Å². The van der Waals surface area contributed by atoms with E-state index in [-0.39, 0.29) is 5.91 Å². The van der Waals surface area contributed by atoms with Gasteiger partial charge in [0.25, 0.3) is 5.91 Å². The third-order valence-corrected chi connectivity index (χ3v) is 4.84. The molecule has 3 aromatic rings. The number of anilines is 1. The number of hydrogen-bond acceptors (Lipinski definition) is 2. The molecule has 0 spiro atoms. The second-order valence-corrected chi connectivity index (χ2v) is 5.87. The highest BCUT2D eigenvalue weighted by Gasteiger charge is 2.20. The minimum Gasteiger partial charge on any atom is -0.311 e. The van der Waals surface area contributed by atoms with Crippen LogP contribution in [-0.2, 0) is 0 Å². The molecule has 0 unspecified atom stereocenters. The van der Waals surface area contributed by atoms with E-state index in [1.54, 1.807) is 11.9 Å². The summed E-state index contributed by atoms with van der Waals surface area (Å²) >= 11 is 7.78. The van der Waals surface area contributed by atoms with Gasteiger partial charge in [-0.15, -0.1) is 11.3 Å². The average Bonchev–Trinajstić information content (AvgIpc) is 2.84. The van der Waals surface area contributed by atoms with Gasteiger partial charge in [0.05, 0.1) is 5.02 Å². The van der Waals surface area contributed by atoms with Crippen molar-refractivity contribution in [1.29, 1.82) is 0 Å². The minimum absolute atomic E-state index is 0.0811. The highest BCUT2D eigenvalue weighted by Crippen LogP contribution is 2.36. The van der Waals surface area contributed by atoms with Gasteiger partial charge in [-0.1, -0.05) is 48.0 Å². The molecule has 4 heteroatoms. The lowest BCUT2D eigenvalue weighted by Gasteiger charge is -2.16. The summed E-state index contributed by atoms with van der Waals surface area (Å²) in [7, 11) is 1.76. The Kier molecular flexibility index (Phi) is 3.47. The van der Waals surface area contributed by atoms with E-state index in [4.69, 9.17) is 11.6 Å². The molecule has 0 fully saturated rings. The van der Waals surface area contributed by atoms with Gasteiger partial charge < -0.3 is 4.90 Å². The fourth-order valence-corrected chi connectivity index (χ4v) is 3.56. The van der Waals surface area contributed by atoms with E-state index in [1.165, 1.54) is 11.3 Å². The largest absolute Gasteiger partial charge is 0.311 e. The third-order valence-electron chi connectivity index (χ3n) is 3.18. The second-order valence-electron chi connectivity index (χ2n) is 4.44. The molecular weight excluding hydrogens is 290 g/mol. The second kappa shape index (κ2) is 5.27. The van der Waals surface area contributed by atoms with Crippen molar-refractivity contribution in [3.8, 4) is 0 Å². The van der Waals surface area contributed by atoms with Crippen LogP contribution in [0.2, 0.25) is 5.02 Å². The van der Waals surface area contributed by atoms with E-state index in [0.717, 1.165) is 15.8 Å². The molecule has 0 atom stereocenters. The van der Waals surface area contributed by atoms with Gasteiger partial charge in [-0.3, -0.25) is 4.79 Å². The number of nitrogens with zero attached hydrogens (tertiary/aromatic N) is 1. The molecular formula is C16H12ClNOS. The van der Waals surface area contributed by atoms with Crippen LogP contribution in [0.4, 0.5) is 5.69 Å². The third kappa shape index (κ3) is 2.19. The Bertz CT molecular complexity index is 767.